The normalized spacial score (nSPS) is 11.1. The maximum atomic E-state index is 13.9. The third-order valence-electron chi connectivity index (χ3n) is 6.58. The van der Waals surface area contributed by atoms with Gasteiger partial charge in [-0.2, -0.15) is 0 Å². The minimum absolute atomic E-state index is 0.0837. The molecule has 4 aromatic carbocycles. The molecular weight excluding hydrogens is 562 g/mol. The van der Waals surface area contributed by atoms with Crippen LogP contribution in [0.25, 0.3) is 0 Å². The van der Waals surface area contributed by atoms with Gasteiger partial charge in [-0.15, -0.1) is 0 Å². The summed E-state index contributed by atoms with van der Waals surface area (Å²) in [4.78, 5) is 39.1. The molecule has 0 aliphatic carbocycles. The Kier molecular flexibility index (Phi) is 10.2. The summed E-state index contributed by atoms with van der Waals surface area (Å²) in [5, 5.41) is 16.7. The van der Waals surface area contributed by atoms with E-state index in [0.717, 1.165) is 5.56 Å². The van der Waals surface area contributed by atoms with Crippen LogP contribution in [-0.4, -0.2) is 37.8 Å². The second kappa shape index (κ2) is 14.4. The summed E-state index contributed by atoms with van der Waals surface area (Å²) < 4.78 is 16.3. The Balaban J connectivity index is 1.77. The van der Waals surface area contributed by atoms with Gasteiger partial charge in [-0.1, -0.05) is 42.5 Å². The average molecular weight is 596 g/mol. The van der Waals surface area contributed by atoms with Crippen molar-refractivity contribution in [2.45, 2.75) is 19.5 Å². The monoisotopic (exact) mass is 595 g/mol. The highest BCUT2D eigenvalue weighted by Crippen LogP contribution is 2.38. The lowest BCUT2D eigenvalue weighted by Gasteiger charge is -2.24. The zero-order valence-electron chi connectivity index (χ0n) is 24.5. The predicted octanol–water partition coefficient (Wildman–Crippen LogP) is 4.64. The van der Waals surface area contributed by atoms with Crippen LogP contribution in [0.15, 0.2) is 91.0 Å². The summed E-state index contributed by atoms with van der Waals surface area (Å²) in [5.74, 6) is -0.915. The van der Waals surface area contributed by atoms with Crippen LogP contribution >= 0.6 is 0 Å². The highest BCUT2D eigenvalue weighted by Gasteiger charge is 2.27. The predicted molar refractivity (Wildman–Crippen MR) is 167 cm³/mol. The minimum Gasteiger partial charge on any atom is -0.493 e. The van der Waals surface area contributed by atoms with Crippen LogP contribution < -0.4 is 35.9 Å². The number of nitrogens with one attached hydrogen (secondary N) is 4. The van der Waals surface area contributed by atoms with Crippen molar-refractivity contribution in [1.82, 2.24) is 5.32 Å². The number of para-hydroxylation sites is 1. The lowest BCUT2D eigenvalue weighted by atomic mass is 10.0. The number of ether oxygens (including phenoxy) is 3. The van der Waals surface area contributed by atoms with Gasteiger partial charge in [-0.25, -0.2) is 0 Å². The molecule has 0 spiro atoms. The maximum absolute atomic E-state index is 13.9. The molecule has 4 aromatic rings. The van der Waals surface area contributed by atoms with E-state index in [0.29, 0.717) is 28.3 Å². The fourth-order valence-corrected chi connectivity index (χ4v) is 4.41. The average Bonchev–Trinajstić information content (AvgIpc) is 3.03. The Morgan fingerprint density at radius 3 is 2.11 bits per heavy atom. The van der Waals surface area contributed by atoms with E-state index in [1.54, 1.807) is 48.5 Å². The second-order valence-corrected chi connectivity index (χ2v) is 9.61. The Morgan fingerprint density at radius 2 is 1.48 bits per heavy atom. The smallest absolute Gasteiger partial charge is 0.308 e. The molecule has 44 heavy (non-hydrogen) atoms. The van der Waals surface area contributed by atoms with E-state index in [1.807, 2.05) is 30.3 Å². The van der Waals surface area contributed by atoms with Gasteiger partial charge in [0.25, 0.3) is 5.91 Å². The maximum Gasteiger partial charge on any atom is 0.308 e. The molecule has 0 aliphatic heterocycles. The quantitative estimate of drug-likeness (QED) is 0.0684. The van der Waals surface area contributed by atoms with Crippen LogP contribution in [0.4, 0.5) is 11.4 Å². The largest absolute Gasteiger partial charge is 0.493 e. The van der Waals surface area contributed by atoms with Crippen molar-refractivity contribution >= 4 is 35.0 Å². The molecule has 0 radical (unpaired) electrons. The molecule has 1 atom stereocenters. The molecule has 1 unspecified atom stereocenters. The van der Waals surface area contributed by atoms with Gasteiger partial charge < -0.3 is 35.9 Å². The van der Waals surface area contributed by atoms with Crippen molar-refractivity contribution in [2.24, 2.45) is 5.73 Å². The standard InChI is InChI=1S/C33H33N5O6/c1-20(39)44-27-12-8-7-11-24(27)32(40)38-26-18-29(43-3)28(42-2)17-25(26)30(33(41)36-19-21-9-5-4-6-10-21)37-23-15-13-22(14-16-23)31(34)35/h4-18,30,37H,19H2,1-3H3,(H3,34,35)(H,36,41)(H,38,40). The molecule has 2 amide bonds. The first-order valence-electron chi connectivity index (χ1n) is 13.6. The van der Waals surface area contributed by atoms with Crippen molar-refractivity contribution in [3.8, 4) is 17.2 Å². The summed E-state index contributed by atoms with van der Waals surface area (Å²) in [7, 11) is 2.92. The number of benzene rings is 4. The van der Waals surface area contributed by atoms with E-state index >= 15 is 0 Å². The molecule has 0 saturated heterocycles. The molecule has 11 nitrogen and oxygen atoms in total. The van der Waals surface area contributed by atoms with Gasteiger partial charge in [0, 0.05) is 36.3 Å². The summed E-state index contributed by atoms with van der Waals surface area (Å²) in [6.07, 6.45) is 0. The van der Waals surface area contributed by atoms with E-state index in [9.17, 15) is 14.4 Å². The number of amidine groups is 1. The van der Waals surface area contributed by atoms with E-state index in [4.69, 9.17) is 25.4 Å². The Labute approximate surface area is 254 Å². The zero-order chi connectivity index (χ0) is 31.6. The first-order valence-corrected chi connectivity index (χ1v) is 13.6. The number of hydrogen-bond acceptors (Lipinski definition) is 8. The number of methoxy groups -OCH3 is 2. The van der Waals surface area contributed by atoms with Crippen LogP contribution in [0.2, 0.25) is 0 Å². The van der Waals surface area contributed by atoms with Gasteiger partial charge in [-0.05, 0) is 48.0 Å². The number of nitrogens with two attached hydrogens (primary N) is 1. The molecule has 0 aromatic heterocycles. The summed E-state index contributed by atoms with van der Waals surface area (Å²) in [6.45, 7) is 1.50. The van der Waals surface area contributed by atoms with Gasteiger partial charge in [0.2, 0.25) is 5.91 Å². The first kappa shape index (κ1) is 31.1. The summed E-state index contributed by atoms with van der Waals surface area (Å²) in [6, 6.07) is 24.6. The van der Waals surface area contributed by atoms with Crippen molar-refractivity contribution < 1.29 is 28.6 Å². The van der Waals surface area contributed by atoms with Gasteiger partial charge in [-0.3, -0.25) is 19.8 Å². The SMILES string of the molecule is COc1cc(NC(=O)c2ccccc2OC(C)=O)c(C(Nc2ccc(C(=N)N)cc2)C(=O)NCc2ccccc2)cc1OC. The van der Waals surface area contributed by atoms with Crippen LogP contribution in [0, 0.1) is 5.41 Å². The Bertz CT molecular complexity index is 1660. The second-order valence-electron chi connectivity index (χ2n) is 9.61. The molecule has 6 N–H and O–H groups in total. The highest BCUT2D eigenvalue weighted by molar-refractivity contribution is 6.07. The third-order valence-corrected chi connectivity index (χ3v) is 6.58. The molecular formula is C33H33N5O6. The first-order chi connectivity index (χ1) is 21.2. The van der Waals surface area contributed by atoms with Crippen molar-refractivity contribution in [2.75, 3.05) is 24.9 Å². The molecule has 226 valence electrons. The number of esters is 1. The third kappa shape index (κ3) is 7.71. The highest BCUT2D eigenvalue weighted by atomic mass is 16.5. The lowest BCUT2D eigenvalue weighted by Crippen LogP contribution is -2.34. The fraction of sp³-hybridized carbons (Fsp3) is 0.152. The van der Waals surface area contributed by atoms with Crippen LogP contribution in [0.1, 0.15) is 40.0 Å². The topological polar surface area (TPSA) is 165 Å². The molecule has 11 heteroatoms. The van der Waals surface area contributed by atoms with Crippen LogP contribution in [0.5, 0.6) is 17.2 Å². The number of carbonyl (C=O) groups is 3. The number of amides is 2. The Hall–Kier alpha value is -5.84. The van der Waals surface area contributed by atoms with Crippen LogP contribution in [-0.2, 0) is 16.1 Å². The summed E-state index contributed by atoms with van der Waals surface area (Å²) in [5.41, 5.74) is 8.31. The summed E-state index contributed by atoms with van der Waals surface area (Å²) >= 11 is 0. The van der Waals surface area contributed by atoms with Crippen molar-refractivity contribution in [3.63, 3.8) is 0 Å². The van der Waals surface area contributed by atoms with Gasteiger partial charge in [0.1, 0.15) is 17.6 Å². The van der Waals surface area contributed by atoms with Gasteiger partial charge >= 0.3 is 5.97 Å². The number of rotatable bonds is 12. The zero-order valence-corrected chi connectivity index (χ0v) is 24.5. The Morgan fingerprint density at radius 1 is 0.841 bits per heavy atom. The van der Waals surface area contributed by atoms with Crippen LogP contribution in [0.3, 0.4) is 0 Å². The minimum atomic E-state index is -1.04. The molecule has 0 bridgehead atoms. The number of hydrogen-bond donors (Lipinski definition) is 5. The molecule has 4 rings (SSSR count). The van der Waals surface area contributed by atoms with Crippen molar-refractivity contribution in [3.05, 3.63) is 113 Å². The fourth-order valence-electron chi connectivity index (χ4n) is 4.41. The molecule has 0 heterocycles. The van der Waals surface area contributed by atoms with E-state index in [1.165, 1.54) is 33.3 Å². The molecule has 0 aliphatic rings. The van der Waals surface area contributed by atoms with E-state index in [2.05, 4.69) is 16.0 Å². The number of nitrogen functional groups attached to an aromatic ring is 1. The van der Waals surface area contributed by atoms with Gasteiger partial charge in [0.05, 0.1) is 25.5 Å². The van der Waals surface area contributed by atoms with E-state index in [-0.39, 0.29) is 29.4 Å². The van der Waals surface area contributed by atoms with Crippen molar-refractivity contribution in [1.29, 1.82) is 5.41 Å². The lowest BCUT2D eigenvalue weighted by molar-refractivity contribution is -0.131. The van der Waals surface area contributed by atoms with E-state index < -0.39 is 23.8 Å². The van der Waals surface area contributed by atoms with Gasteiger partial charge in [0.15, 0.2) is 11.5 Å². The molecule has 0 fully saturated rings. The number of carbonyl (C=O) groups excluding carboxylic acids is 3. The number of anilines is 2. The molecule has 0 saturated carbocycles.